The van der Waals surface area contributed by atoms with E-state index in [2.05, 4.69) is 20.3 Å². The van der Waals surface area contributed by atoms with E-state index in [9.17, 15) is 14.9 Å². The van der Waals surface area contributed by atoms with Crippen LogP contribution in [0, 0.1) is 10.1 Å². The molecule has 0 fully saturated rings. The molecule has 1 amide bonds. The number of hydrogen-bond acceptors (Lipinski definition) is 9. The van der Waals surface area contributed by atoms with Crippen molar-refractivity contribution in [3.8, 4) is 11.3 Å². The molecule has 3 aromatic heterocycles. The van der Waals surface area contributed by atoms with Crippen molar-refractivity contribution in [1.82, 2.24) is 15.0 Å². The maximum atomic E-state index is 12.8. The second-order valence-electron chi connectivity index (χ2n) is 7.31. The van der Waals surface area contributed by atoms with E-state index in [4.69, 9.17) is 0 Å². The summed E-state index contributed by atoms with van der Waals surface area (Å²) in [5, 5.41) is 17.6. The fourth-order valence-corrected chi connectivity index (χ4v) is 6.62. The molecule has 0 aliphatic heterocycles. The van der Waals surface area contributed by atoms with Gasteiger partial charge in [-0.25, -0.2) is 15.0 Å². The highest BCUT2D eigenvalue weighted by atomic mass is 32.2. The standard InChI is InChI=1S/C21H17N5O3S3/c1-11(31-19-17-14-6-3-7-16(14)32-20(17)23-10-22-19)18(27)25-21-24-15(9-30-21)12-4-2-5-13(8-12)26(28)29/h2,4-5,8-11H,3,6-7H2,1H3,(H,24,25,27). The lowest BCUT2D eigenvalue weighted by atomic mass is 10.1. The number of non-ortho nitro benzene ring substituents is 1. The van der Waals surface area contributed by atoms with E-state index >= 15 is 0 Å². The van der Waals surface area contributed by atoms with Gasteiger partial charge in [-0.3, -0.25) is 14.9 Å². The summed E-state index contributed by atoms with van der Waals surface area (Å²) in [7, 11) is 0. The van der Waals surface area contributed by atoms with Gasteiger partial charge < -0.3 is 5.32 Å². The summed E-state index contributed by atoms with van der Waals surface area (Å²) in [6.45, 7) is 1.84. The predicted octanol–water partition coefficient (Wildman–Crippen LogP) is 5.33. The fraction of sp³-hybridized carbons (Fsp3) is 0.238. The summed E-state index contributed by atoms with van der Waals surface area (Å²) in [4.78, 5) is 39.1. The zero-order valence-corrected chi connectivity index (χ0v) is 19.4. The Balaban J connectivity index is 1.31. The lowest BCUT2D eigenvalue weighted by Gasteiger charge is -2.11. The number of nitrogens with zero attached hydrogens (tertiary/aromatic N) is 4. The molecule has 4 aromatic rings. The van der Waals surface area contributed by atoms with E-state index in [1.165, 1.54) is 45.7 Å². The number of aromatic nitrogens is 3. The van der Waals surface area contributed by atoms with Crippen LogP contribution in [-0.4, -0.2) is 31.0 Å². The minimum atomic E-state index is -0.440. The number of amides is 1. The largest absolute Gasteiger partial charge is 0.301 e. The molecule has 11 heteroatoms. The van der Waals surface area contributed by atoms with E-state index in [-0.39, 0.29) is 16.8 Å². The maximum absolute atomic E-state index is 12.8. The van der Waals surface area contributed by atoms with Gasteiger partial charge in [-0.15, -0.1) is 22.7 Å². The number of thioether (sulfide) groups is 1. The number of benzene rings is 1. The van der Waals surface area contributed by atoms with E-state index in [1.807, 2.05) is 6.92 Å². The van der Waals surface area contributed by atoms with Crippen molar-refractivity contribution in [2.45, 2.75) is 36.5 Å². The Labute approximate surface area is 195 Å². The van der Waals surface area contributed by atoms with Crippen LogP contribution in [0.1, 0.15) is 23.8 Å². The van der Waals surface area contributed by atoms with Gasteiger partial charge in [0, 0.05) is 33.3 Å². The highest BCUT2D eigenvalue weighted by Crippen LogP contribution is 2.41. The molecule has 162 valence electrons. The number of nitrogens with one attached hydrogen (secondary N) is 1. The molecule has 3 heterocycles. The summed E-state index contributed by atoms with van der Waals surface area (Å²) in [5.74, 6) is -0.173. The van der Waals surface area contributed by atoms with Crippen molar-refractivity contribution in [3.63, 3.8) is 0 Å². The zero-order valence-electron chi connectivity index (χ0n) is 16.9. The molecular formula is C21H17N5O3S3. The van der Waals surface area contributed by atoms with Crippen molar-refractivity contribution < 1.29 is 9.72 Å². The third kappa shape index (κ3) is 3.98. The monoisotopic (exact) mass is 483 g/mol. The third-order valence-corrected chi connectivity index (χ3v) is 8.27. The van der Waals surface area contributed by atoms with Crippen LogP contribution in [0.15, 0.2) is 41.0 Å². The summed E-state index contributed by atoms with van der Waals surface area (Å²) in [6, 6.07) is 6.28. The van der Waals surface area contributed by atoms with Crippen LogP contribution < -0.4 is 5.32 Å². The molecule has 0 spiro atoms. The average molecular weight is 484 g/mol. The Hall–Kier alpha value is -2.89. The molecule has 0 saturated carbocycles. The first kappa shape index (κ1) is 21.0. The van der Waals surface area contributed by atoms with Gasteiger partial charge >= 0.3 is 0 Å². The number of thiazole rings is 1. The summed E-state index contributed by atoms with van der Waals surface area (Å²) in [6.07, 6.45) is 4.85. The Morgan fingerprint density at radius 2 is 2.19 bits per heavy atom. The van der Waals surface area contributed by atoms with Crippen molar-refractivity contribution in [1.29, 1.82) is 0 Å². The van der Waals surface area contributed by atoms with Crippen LogP contribution in [-0.2, 0) is 17.6 Å². The second-order valence-corrected chi connectivity index (χ2v) is 10.6. The Morgan fingerprint density at radius 3 is 3.03 bits per heavy atom. The SMILES string of the molecule is CC(Sc1ncnc2sc3c(c12)CCC3)C(=O)Nc1nc(-c2cccc([N+](=O)[O-])c2)cs1. The number of carbonyl (C=O) groups is 1. The molecular weight excluding hydrogens is 466 g/mol. The number of hydrogen-bond donors (Lipinski definition) is 1. The normalized spacial score (nSPS) is 13.8. The topological polar surface area (TPSA) is 111 Å². The minimum absolute atomic E-state index is 0.00203. The number of thiophene rings is 1. The number of anilines is 1. The van der Waals surface area contributed by atoms with Crippen LogP contribution in [0.4, 0.5) is 10.8 Å². The van der Waals surface area contributed by atoms with Crippen molar-refractivity contribution in [2.24, 2.45) is 0 Å². The smallest absolute Gasteiger partial charge is 0.270 e. The molecule has 1 aliphatic rings. The minimum Gasteiger partial charge on any atom is -0.301 e. The van der Waals surface area contributed by atoms with Gasteiger partial charge in [0.1, 0.15) is 16.2 Å². The van der Waals surface area contributed by atoms with E-state index < -0.39 is 4.92 Å². The quantitative estimate of drug-likeness (QED) is 0.171. The highest BCUT2D eigenvalue weighted by molar-refractivity contribution is 8.00. The molecule has 1 N–H and O–H groups in total. The molecule has 5 rings (SSSR count). The van der Waals surface area contributed by atoms with Gasteiger partial charge in [-0.1, -0.05) is 23.9 Å². The molecule has 1 aromatic carbocycles. The van der Waals surface area contributed by atoms with Crippen molar-refractivity contribution in [3.05, 3.63) is 56.5 Å². The Bertz CT molecular complexity index is 1350. The molecule has 1 aliphatic carbocycles. The predicted molar refractivity (Wildman–Crippen MR) is 128 cm³/mol. The van der Waals surface area contributed by atoms with Crippen molar-refractivity contribution >= 4 is 61.4 Å². The first-order valence-corrected chi connectivity index (χ1v) is 12.5. The number of carbonyl (C=O) groups excluding carboxylic acids is 1. The van der Waals surface area contributed by atoms with Crippen LogP contribution >= 0.6 is 34.4 Å². The Kier molecular flexibility index (Phi) is 5.62. The first-order valence-electron chi connectivity index (χ1n) is 9.92. The molecule has 0 bridgehead atoms. The van der Waals surface area contributed by atoms with Gasteiger partial charge in [-0.05, 0) is 31.7 Å². The number of rotatable bonds is 6. The third-order valence-electron chi connectivity index (χ3n) is 5.21. The second kappa shape index (κ2) is 8.57. The van der Waals surface area contributed by atoms with Gasteiger partial charge in [-0.2, -0.15) is 0 Å². The molecule has 1 atom stereocenters. The van der Waals surface area contributed by atoms with E-state index in [1.54, 1.807) is 35.2 Å². The number of fused-ring (bicyclic) bond motifs is 3. The molecule has 0 radical (unpaired) electrons. The van der Waals surface area contributed by atoms with Crippen molar-refractivity contribution in [2.75, 3.05) is 5.32 Å². The van der Waals surface area contributed by atoms with Crippen LogP contribution in [0.3, 0.4) is 0 Å². The summed E-state index contributed by atoms with van der Waals surface area (Å²) < 4.78 is 0. The summed E-state index contributed by atoms with van der Waals surface area (Å²) in [5.41, 5.74) is 2.55. The molecule has 0 saturated heterocycles. The molecule has 8 nitrogen and oxygen atoms in total. The zero-order chi connectivity index (χ0) is 22.2. The number of nitro groups is 1. The van der Waals surface area contributed by atoms with Gasteiger partial charge in [0.25, 0.3) is 5.69 Å². The van der Waals surface area contributed by atoms with E-state index in [0.717, 1.165) is 34.5 Å². The Morgan fingerprint density at radius 1 is 1.31 bits per heavy atom. The van der Waals surface area contributed by atoms with E-state index in [0.29, 0.717) is 16.4 Å². The van der Waals surface area contributed by atoms with Gasteiger partial charge in [0.2, 0.25) is 5.91 Å². The average Bonchev–Trinajstić information content (AvgIpc) is 3.50. The van der Waals surface area contributed by atoms with Gasteiger partial charge in [0.15, 0.2) is 5.13 Å². The fourth-order valence-electron chi connectivity index (χ4n) is 3.66. The molecule has 32 heavy (non-hydrogen) atoms. The first-order chi connectivity index (χ1) is 15.5. The number of nitro benzene ring substituents is 1. The van der Waals surface area contributed by atoms with Crippen LogP contribution in [0.2, 0.25) is 0 Å². The lowest BCUT2D eigenvalue weighted by molar-refractivity contribution is -0.384. The number of aryl methyl sites for hydroxylation is 2. The summed E-state index contributed by atoms with van der Waals surface area (Å²) >= 11 is 4.44. The highest BCUT2D eigenvalue weighted by Gasteiger charge is 2.24. The molecule has 1 unspecified atom stereocenters. The van der Waals surface area contributed by atoms with Gasteiger partial charge in [0.05, 0.1) is 15.9 Å². The lowest BCUT2D eigenvalue weighted by Crippen LogP contribution is -2.22. The van der Waals surface area contributed by atoms with Crippen LogP contribution in [0.25, 0.3) is 21.5 Å². The van der Waals surface area contributed by atoms with Crippen LogP contribution in [0.5, 0.6) is 0 Å². The maximum Gasteiger partial charge on any atom is 0.270 e.